The number of hydrogen-bond donors (Lipinski definition) is 5. The highest BCUT2D eigenvalue weighted by molar-refractivity contribution is 7.77. The van der Waals surface area contributed by atoms with Crippen LogP contribution in [0.2, 0.25) is 0 Å². The second kappa shape index (κ2) is 10.3. The molecule has 5 N–H and O–H groups in total. The van der Waals surface area contributed by atoms with Crippen LogP contribution in [0.15, 0.2) is 60.7 Å². The molecule has 0 aliphatic rings. The number of anilines is 2. The van der Waals surface area contributed by atoms with Crippen LogP contribution in [-0.2, 0) is 24.0 Å². The van der Waals surface area contributed by atoms with Crippen LogP contribution in [-0.4, -0.2) is 24.8 Å². The number of carbonyl (C=O) groups excluding carboxylic acids is 1. The van der Waals surface area contributed by atoms with Gasteiger partial charge in [0.2, 0.25) is 11.3 Å². The summed E-state index contributed by atoms with van der Waals surface area (Å²) in [5.74, 6) is 0.335. The van der Waals surface area contributed by atoms with Gasteiger partial charge in [-0.25, -0.2) is 23.1 Å². The van der Waals surface area contributed by atoms with Crippen molar-refractivity contribution in [2.45, 2.75) is 12.7 Å². The minimum atomic E-state index is -4.68. The number of carbonyl (C=O) groups is 1. The molecule has 0 aliphatic heterocycles. The molecule has 3 aromatic carbocycles. The second-order valence-corrected chi connectivity index (χ2v) is 8.12. The van der Waals surface area contributed by atoms with Gasteiger partial charge in [-0.1, -0.05) is 0 Å². The van der Waals surface area contributed by atoms with Crippen LogP contribution in [0.4, 0.5) is 33.7 Å². The number of hydrogen-bond acceptors (Lipinski definition) is 4. The first kappa shape index (κ1) is 25.1. The van der Waals surface area contributed by atoms with Crippen LogP contribution >= 0.6 is 0 Å². The normalized spacial score (nSPS) is 12.4. The highest BCUT2D eigenvalue weighted by atomic mass is 32.2. The Morgan fingerprint density at radius 2 is 1.75 bits per heavy atom. The Labute approximate surface area is 203 Å². The number of imidazole rings is 1. The van der Waals surface area contributed by atoms with Crippen molar-refractivity contribution >= 4 is 39.7 Å². The molecule has 14 heteroatoms. The average molecular weight is 523 g/mol. The highest BCUT2D eigenvalue weighted by Gasteiger charge is 2.31. The third-order valence-electron chi connectivity index (χ3n) is 4.76. The van der Waals surface area contributed by atoms with Crippen molar-refractivity contribution in [2.24, 2.45) is 0 Å². The Morgan fingerprint density at radius 1 is 1.03 bits per heavy atom. The summed E-state index contributed by atoms with van der Waals surface area (Å²) in [6, 6.07) is 11.9. The number of alkyl halides is 3. The lowest BCUT2D eigenvalue weighted by atomic mass is 10.2. The van der Waals surface area contributed by atoms with Gasteiger partial charge in [0, 0.05) is 11.8 Å². The van der Waals surface area contributed by atoms with Crippen molar-refractivity contribution in [3.8, 4) is 11.5 Å². The summed E-state index contributed by atoms with van der Waals surface area (Å²) in [5.41, 5.74) is -0.145. The van der Waals surface area contributed by atoms with Crippen LogP contribution in [0.3, 0.4) is 0 Å². The number of aromatic amines is 1. The molecule has 36 heavy (non-hydrogen) atoms. The molecule has 2 amide bonds. The van der Waals surface area contributed by atoms with Crippen molar-refractivity contribution in [3.63, 3.8) is 0 Å². The first-order chi connectivity index (χ1) is 17.1. The van der Waals surface area contributed by atoms with E-state index in [1.165, 1.54) is 12.1 Å². The summed E-state index contributed by atoms with van der Waals surface area (Å²) in [7, 11) is 0. The average Bonchev–Trinajstić information content (AvgIpc) is 3.22. The lowest BCUT2D eigenvalue weighted by Gasteiger charge is -2.12. The van der Waals surface area contributed by atoms with E-state index in [2.05, 4.69) is 25.3 Å². The minimum Gasteiger partial charge on any atom is -0.457 e. The Hall–Kier alpha value is -4.01. The molecule has 0 bridgehead atoms. The van der Waals surface area contributed by atoms with E-state index in [0.717, 1.165) is 0 Å². The van der Waals surface area contributed by atoms with E-state index in [1.54, 1.807) is 30.3 Å². The highest BCUT2D eigenvalue weighted by Crippen LogP contribution is 2.32. The standard InChI is InChI=1S/C22H17F4N5O4S/c23-16-7-1-12(22(24,25)26)9-18(16)31-21(32)28-13-2-4-14(5-3-13)35-15-6-8-17-19(10-15)30-20(29-17)11-27-36(33)34/h1-10,27H,11H2,(H,29,30)(H,33,34)(H2,28,31,32). The number of nitrogens with zero attached hydrogens (tertiary/aromatic N) is 1. The van der Waals surface area contributed by atoms with E-state index >= 15 is 0 Å². The SMILES string of the molecule is O=C(Nc1ccc(Oc2ccc3nc(CNS(=O)O)[nH]c3c2)cc1)Nc1cc(C(F)(F)F)ccc1F. The summed E-state index contributed by atoms with van der Waals surface area (Å²) in [6.07, 6.45) is -4.68. The van der Waals surface area contributed by atoms with E-state index in [-0.39, 0.29) is 12.2 Å². The third kappa shape index (κ3) is 6.35. The van der Waals surface area contributed by atoms with Crippen LogP contribution in [0, 0.1) is 5.82 Å². The van der Waals surface area contributed by atoms with Gasteiger partial charge in [0.15, 0.2) is 0 Å². The number of aromatic nitrogens is 2. The number of rotatable bonds is 7. The summed E-state index contributed by atoms with van der Waals surface area (Å²) in [4.78, 5) is 19.4. The molecule has 9 nitrogen and oxygen atoms in total. The van der Waals surface area contributed by atoms with Crippen LogP contribution in [0.1, 0.15) is 11.4 Å². The fourth-order valence-electron chi connectivity index (χ4n) is 3.14. The van der Waals surface area contributed by atoms with E-state index in [4.69, 9.17) is 9.29 Å². The first-order valence-corrected chi connectivity index (χ1v) is 11.2. The molecule has 1 heterocycles. The Balaban J connectivity index is 1.38. The maximum atomic E-state index is 13.8. The molecule has 1 unspecified atom stereocenters. The maximum Gasteiger partial charge on any atom is 0.416 e. The van der Waals surface area contributed by atoms with Crippen LogP contribution in [0.25, 0.3) is 11.0 Å². The monoisotopic (exact) mass is 523 g/mol. The van der Waals surface area contributed by atoms with Gasteiger partial charge >= 0.3 is 12.2 Å². The van der Waals surface area contributed by atoms with Gasteiger partial charge < -0.3 is 20.4 Å². The zero-order valence-corrected chi connectivity index (χ0v) is 18.8. The minimum absolute atomic E-state index is 0.0659. The Bertz CT molecular complexity index is 1430. The lowest BCUT2D eigenvalue weighted by Crippen LogP contribution is -2.20. The van der Waals surface area contributed by atoms with Gasteiger partial charge in [0.1, 0.15) is 23.1 Å². The number of ether oxygens (including phenoxy) is 1. The van der Waals surface area contributed by atoms with E-state index < -0.39 is 40.5 Å². The molecule has 4 aromatic rings. The van der Waals surface area contributed by atoms with E-state index in [0.29, 0.717) is 46.6 Å². The number of fused-ring (bicyclic) bond motifs is 1. The predicted octanol–water partition coefficient (Wildman–Crippen LogP) is 5.38. The number of halogens is 4. The molecule has 0 fully saturated rings. The maximum absolute atomic E-state index is 13.8. The van der Waals surface area contributed by atoms with Crippen molar-refractivity contribution < 1.29 is 35.9 Å². The molecular formula is C22H17F4N5O4S. The van der Waals surface area contributed by atoms with Gasteiger partial charge in [-0.15, -0.1) is 0 Å². The first-order valence-electron chi connectivity index (χ1n) is 10.1. The van der Waals surface area contributed by atoms with Crippen molar-refractivity contribution in [3.05, 3.63) is 77.9 Å². The quantitative estimate of drug-likeness (QED) is 0.164. The largest absolute Gasteiger partial charge is 0.457 e. The molecular weight excluding hydrogens is 506 g/mol. The number of nitrogens with one attached hydrogen (secondary N) is 4. The Kier molecular flexibility index (Phi) is 7.19. The molecule has 0 saturated heterocycles. The molecule has 4 rings (SSSR count). The summed E-state index contributed by atoms with van der Waals surface area (Å²) < 4.78 is 79.9. The molecule has 0 saturated carbocycles. The number of urea groups is 1. The van der Waals surface area contributed by atoms with Crippen LogP contribution < -0.4 is 20.1 Å². The summed E-state index contributed by atoms with van der Waals surface area (Å²) in [5, 5.41) is 4.46. The topological polar surface area (TPSA) is 128 Å². The van der Waals surface area contributed by atoms with Crippen LogP contribution in [0.5, 0.6) is 11.5 Å². The fourth-order valence-corrected chi connectivity index (χ4v) is 3.40. The molecule has 0 spiro atoms. The van der Waals surface area contributed by atoms with Crippen molar-refractivity contribution in [1.82, 2.24) is 14.7 Å². The van der Waals surface area contributed by atoms with Gasteiger partial charge in [-0.05, 0) is 54.6 Å². The molecule has 1 atom stereocenters. The fraction of sp³-hybridized carbons (Fsp3) is 0.0909. The van der Waals surface area contributed by atoms with Crippen molar-refractivity contribution in [1.29, 1.82) is 0 Å². The van der Waals surface area contributed by atoms with Gasteiger partial charge in [0.25, 0.3) is 0 Å². The molecule has 1 aromatic heterocycles. The zero-order chi connectivity index (χ0) is 25.9. The zero-order valence-electron chi connectivity index (χ0n) is 18.0. The summed E-state index contributed by atoms with van der Waals surface area (Å²) in [6.45, 7) is 0.0659. The lowest BCUT2D eigenvalue weighted by molar-refractivity contribution is -0.137. The number of H-pyrrole nitrogens is 1. The number of amides is 2. The molecule has 0 aliphatic carbocycles. The Morgan fingerprint density at radius 3 is 2.44 bits per heavy atom. The van der Waals surface area contributed by atoms with Gasteiger partial charge in [-0.2, -0.15) is 13.2 Å². The molecule has 188 valence electrons. The molecule has 0 radical (unpaired) electrons. The van der Waals surface area contributed by atoms with E-state index in [9.17, 15) is 26.6 Å². The van der Waals surface area contributed by atoms with Gasteiger partial charge in [-0.3, -0.25) is 4.55 Å². The third-order valence-corrected chi connectivity index (χ3v) is 5.15. The summed E-state index contributed by atoms with van der Waals surface area (Å²) >= 11 is -2.16. The van der Waals surface area contributed by atoms with Gasteiger partial charge in [0.05, 0.1) is 28.8 Å². The van der Waals surface area contributed by atoms with Crippen molar-refractivity contribution in [2.75, 3.05) is 10.6 Å². The van der Waals surface area contributed by atoms with E-state index in [1.807, 2.05) is 0 Å². The smallest absolute Gasteiger partial charge is 0.416 e. The second-order valence-electron chi connectivity index (χ2n) is 7.33. The number of benzene rings is 3. The predicted molar refractivity (Wildman–Crippen MR) is 124 cm³/mol.